The van der Waals surface area contributed by atoms with Crippen LogP contribution >= 0.6 is 11.3 Å². The molecule has 1 saturated heterocycles. The maximum absolute atomic E-state index is 4.67. The Morgan fingerprint density at radius 1 is 1.37 bits per heavy atom. The number of aromatic amines is 1. The van der Waals surface area contributed by atoms with Gasteiger partial charge in [-0.2, -0.15) is 4.98 Å². The Kier molecular flexibility index (Phi) is 3.79. The number of hydrogen-bond donors (Lipinski definition) is 2. The predicted octanol–water partition coefficient (Wildman–Crippen LogP) is 1.90. The van der Waals surface area contributed by atoms with Gasteiger partial charge in [0.1, 0.15) is 0 Å². The quantitative estimate of drug-likeness (QED) is 0.899. The van der Waals surface area contributed by atoms with Crippen LogP contribution in [0.15, 0.2) is 11.4 Å². The molecule has 0 saturated carbocycles. The van der Waals surface area contributed by atoms with Crippen molar-refractivity contribution in [3.8, 4) is 10.7 Å². The zero-order chi connectivity index (χ0) is 13.1. The summed E-state index contributed by atoms with van der Waals surface area (Å²) in [6.07, 6.45) is 2.17. The van der Waals surface area contributed by atoms with Gasteiger partial charge in [0, 0.05) is 19.6 Å². The molecule has 6 heteroatoms. The Morgan fingerprint density at radius 3 is 3.21 bits per heavy atom. The number of H-pyrrole nitrogens is 1. The van der Waals surface area contributed by atoms with Gasteiger partial charge in [0.15, 0.2) is 5.82 Å². The molecular formula is C13H19N5S. The largest absolute Gasteiger partial charge is 0.338 e. The lowest BCUT2D eigenvalue weighted by Gasteiger charge is -2.16. The molecule has 0 unspecified atom stereocenters. The maximum atomic E-state index is 4.67. The number of hydrogen-bond acceptors (Lipinski definition) is 5. The minimum Gasteiger partial charge on any atom is -0.338 e. The zero-order valence-electron chi connectivity index (χ0n) is 11.1. The Labute approximate surface area is 117 Å². The lowest BCUT2D eigenvalue weighted by atomic mass is 10.2. The van der Waals surface area contributed by atoms with Crippen molar-refractivity contribution in [2.24, 2.45) is 0 Å². The molecule has 102 valence electrons. The number of aryl methyl sites for hydroxylation is 1. The fraction of sp³-hybridized carbons (Fsp3) is 0.538. The van der Waals surface area contributed by atoms with Gasteiger partial charge >= 0.3 is 0 Å². The normalized spacial score (nSPS) is 16.6. The highest BCUT2D eigenvalue weighted by atomic mass is 32.1. The molecule has 5 nitrogen and oxygen atoms in total. The maximum Gasteiger partial charge on any atom is 0.245 e. The lowest BCUT2D eigenvalue weighted by Crippen LogP contribution is -2.28. The molecule has 2 N–H and O–H groups in total. The summed E-state index contributed by atoms with van der Waals surface area (Å²) in [6.45, 7) is 6.25. The van der Waals surface area contributed by atoms with E-state index in [0.717, 1.165) is 50.8 Å². The van der Waals surface area contributed by atoms with E-state index in [-0.39, 0.29) is 0 Å². The third kappa shape index (κ3) is 2.64. The van der Waals surface area contributed by atoms with E-state index >= 15 is 0 Å². The second-order valence-corrected chi connectivity index (χ2v) is 5.62. The molecule has 3 rings (SSSR count). The summed E-state index contributed by atoms with van der Waals surface area (Å²) < 4.78 is 0. The fourth-order valence-corrected chi connectivity index (χ4v) is 3.30. The third-order valence-corrected chi connectivity index (χ3v) is 4.40. The van der Waals surface area contributed by atoms with Gasteiger partial charge in [0.25, 0.3) is 0 Å². The summed E-state index contributed by atoms with van der Waals surface area (Å²) in [5, 5.41) is 13.0. The van der Waals surface area contributed by atoms with Crippen molar-refractivity contribution in [2.75, 3.05) is 31.1 Å². The highest BCUT2D eigenvalue weighted by Crippen LogP contribution is 2.28. The van der Waals surface area contributed by atoms with Crippen LogP contribution in [0.5, 0.6) is 0 Å². The predicted molar refractivity (Wildman–Crippen MR) is 78.8 cm³/mol. The summed E-state index contributed by atoms with van der Waals surface area (Å²) in [6, 6.07) is 2.16. The van der Waals surface area contributed by atoms with Gasteiger partial charge in [-0.3, -0.25) is 5.10 Å². The fourth-order valence-electron chi connectivity index (χ4n) is 2.36. The number of rotatable bonds is 3. The van der Waals surface area contributed by atoms with Gasteiger partial charge in [-0.15, -0.1) is 16.4 Å². The Bertz CT molecular complexity index is 525. The number of thiophene rings is 1. The van der Waals surface area contributed by atoms with Crippen molar-refractivity contribution in [1.29, 1.82) is 0 Å². The summed E-state index contributed by atoms with van der Waals surface area (Å²) in [5.74, 6) is 1.73. The molecule has 0 amide bonds. The van der Waals surface area contributed by atoms with Crippen LogP contribution in [-0.2, 0) is 6.42 Å². The van der Waals surface area contributed by atoms with Gasteiger partial charge in [-0.1, -0.05) is 6.92 Å². The van der Waals surface area contributed by atoms with E-state index in [9.17, 15) is 0 Å². The number of aromatic nitrogens is 3. The summed E-state index contributed by atoms with van der Waals surface area (Å²) >= 11 is 1.73. The highest BCUT2D eigenvalue weighted by molar-refractivity contribution is 7.13. The van der Waals surface area contributed by atoms with E-state index < -0.39 is 0 Å². The van der Waals surface area contributed by atoms with Crippen LogP contribution in [0.1, 0.15) is 18.9 Å². The molecule has 0 atom stereocenters. The first-order valence-electron chi connectivity index (χ1n) is 6.83. The molecule has 0 aliphatic carbocycles. The monoisotopic (exact) mass is 277 g/mol. The van der Waals surface area contributed by atoms with Crippen molar-refractivity contribution < 1.29 is 0 Å². The molecule has 3 heterocycles. The first-order chi connectivity index (χ1) is 9.38. The van der Waals surface area contributed by atoms with Gasteiger partial charge in [-0.25, -0.2) is 0 Å². The number of nitrogens with one attached hydrogen (secondary N) is 2. The second-order valence-electron chi connectivity index (χ2n) is 4.70. The highest BCUT2D eigenvalue weighted by Gasteiger charge is 2.16. The van der Waals surface area contributed by atoms with Crippen molar-refractivity contribution in [3.05, 3.63) is 17.0 Å². The van der Waals surface area contributed by atoms with Crippen LogP contribution < -0.4 is 10.2 Å². The number of nitrogens with zero attached hydrogens (tertiary/aromatic N) is 3. The van der Waals surface area contributed by atoms with Crippen LogP contribution in [-0.4, -0.2) is 41.4 Å². The number of anilines is 1. The van der Waals surface area contributed by atoms with E-state index in [4.69, 9.17) is 0 Å². The van der Waals surface area contributed by atoms with E-state index in [1.54, 1.807) is 11.3 Å². The molecule has 0 bridgehead atoms. The molecule has 1 fully saturated rings. The summed E-state index contributed by atoms with van der Waals surface area (Å²) in [7, 11) is 0. The molecule has 19 heavy (non-hydrogen) atoms. The van der Waals surface area contributed by atoms with E-state index in [1.165, 1.54) is 10.4 Å². The van der Waals surface area contributed by atoms with Gasteiger partial charge in [-0.05, 0) is 36.4 Å². The average Bonchev–Trinajstić information content (AvgIpc) is 3.01. The summed E-state index contributed by atoms with van der Waals surface area (Å²) in [4.78, 5) is 8.13. The van der Waals surface area contributed by atoms with Crippen LogP contribution in [0.4, 0.5) is 5.95 Å². The molecule has 2 aromatic rings. The van der Waals surface area contributed by atoms with E-state index in [1.807, 2.05) is 0 Å². The molecule has 0 radical (unpaired) electrons. The smallest absolute Gasteiger partial charge is 0.245 e. The molecule has 1 aliphatic heterocycles. The van der Waals surface area contributed by atoms with Crippen molar-refractivity contribution in [3.63, 3.8) is 0 Å². The molecule has 1 aliphatic rings. The topological polar surface area (TPSA) is 56.8 Å². The van der Waals surface area contributed by atoms with Crippen molar-refractivity contribution in [2.45, 2.75) is 19.8 Å². The second kappa shape index (κ2) is 5.71. The minimum absolute atomic E-state index is 0.828. The van der Waals surface area contributed by atoms with Gasteiger partial charge < -0.3 is 10.2 Å². The molecule has 0 aromatic carbocycles. The van der Waals surface area contributed by atoms with Crippen LogP contribution in [0.25, 0.3) is 10.7 Å². The summed E-state index contributed by atoms with van der Waals surface area (Å²) in [5.41, 5.74) is 1.34. The Morgan fingerprint density at radius 2 is 2.32 bits per heavy atom. The third-order valence-electron chi connectivity index (χ3n) is 3.44. The molecule has 2 aromatic heterocycles. The van der Waals surface area contributed by atoms with Crippen molar-refractivity contribution in [1.82, 2.24) is 20.5 Å². The van der Waals surface area contributed by atoms with Gasteiger partial charge in [0.05, 0.1) is 4.88 Å². The standard InChI is InChI=1S/C13H19N5S/c1-2-10-4-9-19-11(10)12-15-13(17-16-12)18-7-3-5-14-6-8-18/h4,9,14H,2-3,5-8H2,1H3,(H,15,16,17). The SMILES string of the molecule is CCc1ccsc1-c1nc(N2CCCNCC2)n[nH]1. The first kappa shape index (κ1) is 12.6. The Hall–Kier alpha value is -1.40. The van der Waals surface area contributed by atoms with Gasteiger partial charge in [0.2, 0.25) is 5.95 Å². The Balaban J connectivity index is 1.82. The van der Waals surface area contributed by atoms with E-state index in [2.05, 4.69) is 43.8 Å². The molecule has 0 spiro atoms. The van der Waals surface area contributed by atoms with Crippen LogP contribution in [0.3, 0.4) is 0 Å². The van der Waals surface area contributed by atoms with Crippen LogP contribution in [0.2, 0.25) is 0 Å². The minimum atomic E-state index is 0.828. The molecular weight excluding hydrogens is 258 g/mol. The average molecular weight is 277 g/mol. The van der Waals surface area contributed by atoms with E-state index in [0.29, 0.717) is 0 Å². The van der Waals surface area contributed by atoms with Crippen molar-refractivity contribution >= 4 is 17.3 Å². The zero-order valence-corrected chi connectivity index (χ0v) is 12.0. The first-order valence-corrected chi connectivity index (χ1v) is 7.71. The lowest BCUT2D eigenvalue weighted by molar-refractivity contribution is 0.724. The van der Waals surface area contributed by atoms with Crippen LogP contribution in [0, 0.1) is 0 Å².